The molecule has 0 unspecified atom stereocenters. The van der Waals surface area contributed by atoms with Crippen LogP contribution >= 0.6 is 12.4 Å². The Morgan fingerprint density at radius 1 is 1.14 bits per heavy atom. The van der Waals surface area contributed by atoms with E-state index in [1.165, 1.54) is 23.5 Å². The number of rotatable bonds is 11. The van der Waals surface area contributed by atoms with Crippen LogP contribution in [0.3, 0.4) is 0 Å². The van der Waals surface area contributed by atoms with Gasteiger partial charge in [-0.3, -0.25) is 15.0 Å². The van der Waals surface area contributed by atoms with Crippen LogP contribution in [-0.4, -0.2) is 54.7 Å². The Balaban J connectivity index is 0.00000432. The third kappa shape index (κ3) is 7.37. The fraction of sp³-hybridized carbons (Fsp3) is 0.500. The number of hydroxylamine groups is 1. The maximum absolute atomic E-state index is 13.8. The number of hydrogen-bond acceptors (Lipinski definition) is 7. The number of amides is 1. The van der Waals surface area contributed by atoms with E-state index in [1.807, 2.05) is 6.92 Å². The molecule has 9 nitrogen and oxygen atoms in total. The summed E-state index contributed by atoms with van der Waals surface area (Å²) in [5.41, 5.74) is 2.39. The predicted octanol–water partition coefficient (Wildman–Crippen LogP) is 3.56. The van der Waals surface area contributed by atoms with Gasteiger partial charge in [-0.15, -0.1) is 12.4 Å². The van der Waals surface area contributed by atoms with Crippen LogP contribution < -0.4 is 10.2 Å². The molecule has 2 aromatic rings. The summed E-state index contributed by atoms with van der Waals surface area (Å²) in [7, 11) is -2.60. The summed E-state index contributed by atoms with van der Waals surface area (Å²) < 4.78 is 39.9. The van der Waals surface area contributed by atoms with Crippen molar-refractivity contribution in [2.75, 3.05) is 13.7 Å². The second kappa shape index (κ2) is 13.7. The standard InChI is InChI=1S/C24H33N3O6S.ClH/c1-3-16-33-21-6-4-19(5-7-21)23(24(28)26-29)27(17-18-12-14-25-15-13-18)34(30,31)22-10-8-20(32-2)9-11-22;/h8-15,19,21,23,29H,3-7,16-17H2,1-2H3,(H,26,28);1H/t19-,21-,23-;/m1./s1. The zero-order chi connectivity index (χ0) is 24.6. The molecule has 11 heteroatoms. The smallest absolute Gasteiger partial charge is 0.262 e. The largest absolute Gasteiger partial charge is 0.497 e. The van der Waals surface area contributed by atoms with Gasteiger partial charge in [-0.2, -0.15) is 4.31 Å². The zero-order valence-corrected chi connectivity index (χ0v) is 21.6. The minimum atomic E-state index is -4.10. The van der Waals surface area contributed by atoms with Crippen LogP contribution in [0.5, 0.6) is 5.75 Å². The summed E-state index contributed by atoms with van der Waals surface area (Å²) in [4.78, 5) is 17.0. The summed E-state index contributed by atoms with van der Waals surface area (Å²) in [5.74, 6) is -0.498. The Bertz CT molecular complexity index is 1020. The van der Waals surface area contributed by atoms with Crippen LogP contribution in [0.25, 0.3) is 0 Å². The van der Waals surface area contributed by atoms with Crippen molar-refractivity contribution < 1.29 is 27.9 Å². The van der Waals surface area contributed by atoms with Gasteiger partial charge in [-0.05, 0) is 80.0 Å². The van der Waals surface area contributed by atoms with Crippen LogP contribution in [0.15, 0.2) is 53.7 Å². The molecule has 0 saturated heterocycles. The highest BCUT2D eigenvalue weighted by Crippen LogP contribution is 2.34. The normalized spacial score (nSPS) is 19.0. The highest BCUT2D eigenvalue weighted by atomic mass is 35.5. The van der Waals surface area contributed by atoms with Crippen LogP contribution in [0.2, 0.25) is 0 Å². The molecule has 1 atom stereocenters. The maximum Gasteiger partial charge on any atom is 0.262 e. The molecule has 1 heterocycles. The van der Waals surface area contributed by atoms with Gasteiger partial charge in [0.1, 0.15) is 11.8 Å². The number of aromatic nitrogens is 1. The highest BCUT2D eigenvalue weighted by Gasteiger charge is 2.42. The number of halogens is 1. The van der Waals surface area contributed by atoms with Gasteiger partial charge in [0.2, 0.25) is 10.0 Å². The number of carbonyl (C=O) groups is 1. The molecule has 2 N–H and O–H groups in total. The molecule has 1 aliphatic rings. The van der Waals surface area contributed by atoms with E-state index in [2.05, 4.69) is 4.98 Å². The molecular weight excluding hydrogens is 494 g/mol. The lowest BCUT2D eigenvalue weighted by Crippen LogP contribution is -2.53. The molecule has 194 valence electrons. The molecule has 3 rings (SSSR count). The molecule has 1 saturated carbocycles. The first-order valence-corrected chi connectivity index (χ1v) is 12.9. The number of ether oxygens (including phenoxy) is 2. The summed E-state index contributed by atoms with van der Waals surface area (Å²) in [6, 6.07) is 8.37. The Labute approximate surface area is 213 Å². The number of methoxy groups -OCH3 is 1. The molecule has 1 amide bonds. The fourth-order valence-corrected chi connectivity index (χ4v) is 6.02. The molecule has 1 aliphatic carbocycles. The Kier molecular flexibility index (Phi) is 11.4. The van der Waals surface area contributed by atoms with Crippen LogP contribution in [0, 0.1) is 5.92 Å². The Morgan fingerprint density at radius 2 is 1.77 bits per heavy atom. The van der Waals surface area contributed by atoms with Gasteiger partial charge in [0.05, 0.1) is 18.1 Å². The van der Waals surface area contributed by atoms with E-state index in [4.69, 9.17) is 9.47 Å². The van der Waals surface area contributed by atoms with Gasteiger partial charge in [0, 0.05) is 25.5 Å². The van der Waals surface area contributed by atoms with Gasteiger partial charge in [0.15, 0.2) is 0 Å². The monoisotopic (exact) mass is 527 g/mol. The van der Waals surface area contributed by atoms with Gasteiger partial charge in [-0.25, -0.2) is 13.9 Å². The van der Waals surface area contributed by atoms with Crippen molar-refractivity contribution in [3.8, 4) is 5.75 Å². The lowest BCUT2D eigenvalue weighted by molar-refractivity contribution is -0.136. The van der Waals surface area contributed by atoms with Crippen LogP contribution in [0.1, 0.15) is 44.6 Å². The third-order valence-corrected chi connectivity index (χ3v) is 8.01. The zero-order valence-electron chi connectivity index (χ0n) is 20.0. The minimum Gasteiger partial charge on any atom is -0.497 e. The van der Waals surface area contributed by atoms with Crippen LogP contribution in [-0.2, 0) is 26.1 Å². The number of pyridine rings is 1. The summed E-state index contributed by atoms with van der Waals surface area (Å²) in [6.07, 6.45) is 6.85. The molecule has 1 fully saturated rings. The van der Waals surface area contributed by atoms with E-state index in [0.29, 0.717) is 30.8 Å². The van der Waals surface area contributed by atoms with Gasteiger partial charge in [-0.1, -0.05) is 6.92 Å². The van der Waals surface area contributed by atoms with Crippen molar-refractivity contribution in [3.05, 3.63) is 54.4 Å². The van der Waals surface area contributed by atoms with E-state index in [0.717, 1.165) is 19.3 Å². The molecule has 1 aromatic heterocycles. The number of sulfonamides is 1. The van der Waals surface area contributed by atoms with E-state index >= 15 is 0 Å². The van der Waals surface area contributed by atoms with Crippen LogP contribution in [0.4, 0.5) is 0 Å². The second-order valence-corrected chi connectivity index (χ2v) is 10.3. The second-order valence-electron chi connectivity index (χ2n) is 8.41. The average molecular weight is 528 g/mol. The summed E-state index contributed by atoms with van der Waals surface area (Å²) in [6.45, 7) is 2.69. The maximum atomic E-state index is 13.8. The van der Waals surface area contributed by atoms with Crippen molar-refractivity contribution in [1.29, 1.82) is 0 Å². The van der Waals surface area contributed by atoms with E-state index in [9.17, 15) is 18.4 Å². The Hall–Kier alpha value is -2.24. The lowest BCUT2D eigenvalue weighted by Gasteiger charge is -2.38. The van der Waals surface area contributed by atoms with E-state index in [-0.39, 0.29) is 35.9 Å². The lowest BCUT2D eigenvalue weighted by atomic mass is 9.82. The highest BCUT2D eigenvalue weighted by molar-refractivity contribution is 7.89. The number of benzene rings is 1. The molecule has 1 aromatic carbocycles. The Morgan fingerprint density at radius 3 is 2.31 bits per heavy atom. The third-order valence-electron chi connectivity index (χ3n) is 6.17. The van der Waals surface area contributed by atoms with E-state index in [1.54, 1.807) is 42.1 Å². The van der Waals surface area contributed by atoms with Gasteiger partial charge in [0.25, 0.3) is 5.91 Å². The van der Waals surface area contributed by atoms with E-state index < -0.39 is 22.0 Å². The molecular formula is C24H34ClN3O6S. The van der Waals surface area contributed by atoms with Crippen molar-refractivity contribution in [2.24, 2.45) is 5.92 Å². The fourth-order valence-electron chi connectivity index (χ4n) is 4.39. The first kappa shape index (κ1) is 29.0. The first-order valence-electron chi connectivity index (χ1n) is 11.5. The quantitative estimate of drug-likeness (QED) is 0.339. The number of carbonyl (C=O) groups excluding carboxylic acids is 1. The molecule has 0 aliphatic heterocycles. The topological polar surface area (TPSA) is 118 Å². The van der Waals surface area contributed by atoms with Gasteiger partial charge >= 0.3 is 0 Å². The van der Waals surface area contributed by atoms with Gasteiger partial charge < -0.3 is 9.47 Å². The molecule has 0 bridgehead atoms. The first-order chi connectivity index (χ1) is 16.4. The summed E-state index contributed by atoms with van der Waals surface area (Å²) in [5, 5.41) is 9.55. The number of hydrogen-bond donors (Lipinski definition) is 2. The SMILES string of the molecule is CCCO[C@H]1CC[C@H]([C@H](C(=O)NO)N(Cc2ccncc2)S(=O)(=O)c2ccc(OC)cc2)CC1.Cl. The molecule has 0 spiro atoms. The number of nitrogens with zero attached hydrogens (tertiary/aromatic N) is 2. The minimum absolute atomic E-state index is 0. The number of nitrogens with one attached hydrogen (secondary N) is 1. The average Bonchev–Trinajstić information content (AvgIpc) is 2.88. The van der Waals surface area contributed by atoms with Crippen molar-refractivity contribution in [3.63, 3.8) is 0 Å². The predicted molar refractivity (Wildman–Crippen MR) is 133 cm³/mol. The van der Waals surface area contributed by atoms with Crippen molar-refractivity contribution >= 4 is 28.3 Å². The van der Waals surface area contributed by atoms with Crippen molar-refractivity contribution in [1.82, 2.24) is 14.8 Å². The summed E-state index contributed by atoms with van der Waals surface area (Å²) >= 11 is 0. The van der Waals surface area contributed by atoms with Crippen molar-refractivity contribution in [2.45, 2.75) is 62.6 Å². The molecule has 35 heavy (non-hydrogen) atoms. The molecule has 0 radical (unpaired) electrons.